The number of alkyl halides is 3. The van der Waals surface area contributed by atoms with Crippen molar-refractivity contribution in [1.82, 2.24) is 10.2 Å². The molecule has 0 unspecified atom stereocenters. The van der Waals surface area contributed by atoms with Crippen molar-refractivity contribution in [2.24, 2.45) is 5.73 Å². The van der Waals surface area contributed by atoms with E-state index in [0.29, 0.717) is 24.5 Å². The third-order valence-electron chi connectivity index (χ3n) is 6.60. The number of nitrogens with zero attached hydrogens (tertiary/aromatic N) is 1. The molecule has 0 aromatic heterocycles. The average Bonchev–Trinajstić information content (AvgIpc) is 2.89. The number of carbonyl (C=O) groups excluding carboxylic acids is 2. The number of nitrogens with one attached hydrogen (secondary N) is 1. The minimum Gasteiger partial charge on any atom is -0.390 e. The van der Waals surface area contributed by atoms with Crippen LogP contribution in [0.25, 0.3) is 0 Å². The molecular weight excluding hydrogens is 597 g/mol. The van der Waals surface area contributed by atoms with Crippen LogP contribution >= 0.6 is 0 Å². The summed E-state index contributed by atoms with van der Waals surface area (Å²) in [6.45, 7) is 2.91. The van der Waals surface area contributed by atoms with Gasteiger partial charge in [0.05, 0.1) is 17.6 Å². The van der Waals surface area contributed by atoms with Crippen molar-refractivity contribution in [2.45, 2.75) is 76.9 Å². The van der Waals surface area contributed by atoms with Crippen LogP contribution < -0.4 is 11.1 Å². The van der Waals surface area contributed by atoms with Gasteiger partial charge < -0.3 is 21.1 Å². The molecule has 3 atom stereocenters. The maximum Gasteiger partial charge on any atom is 0.397 e. The first kappa shape index (κ1) is 36.1. The summed E-state index contributed by atoms with van der Waals surface area (Å²) in [5.74, 6) is -5.64. The van der Waals surface area contributed by atoms with Crippen molar-refractivity contribution in [1.29, 1.82) is 0 Å². The first-order valence-electron chi connectivity index (χ1n) is 13.8. The van der Waals surface area contributed by atoms with E-state index in [0.717, 1.165) is 22.6 Å². The Morgan fingerprint density at radius 1 is 1.02 bits per heavy atom. The average molecular weight is 636 g/mol. The van der Waals surface area contributed by atoms with Crippen LogP contribution in [0.5, 0.6) is 0 Å². The van der Waals surface area contributed by atoms with Gasteiger partial charge in [-0.2, -0.15) is 13.2 Å². The number of aryl methyl sites for hydroxylation is 1. The zero-order chi connectivity index (χ0) is 32.4. The molecule has 2 rings (SSSR count). The van der Waals surface area contributed by atoms with Crippen molar-refractivity contribution in [3.8, 4) is 0 Å². The number of rotatable bonds is 16. The molecule has 2 aromatic carbocycles. The molecule has 0 saturated carbocycles. The van der Waals surface area contributed by atoms with Gasteiger partial charge in [-0.05, 0) is 48.1 Å². The van der Waals surface area contributed by atoms with Gasteiger partial charge in [0.25, 0.3) is 0 Å². The number of amides is 2. The summed E-state index contributed by atoms with van der Waals surface area (Å²) in [6, 6.07) is 6.67. The molecule has 0 fully saturated rings. The third-order valence-corrected chi connectivity index (χ3v) is 8.36. The maximum atomic E-state index is 13.8. The summed E-state index contributed by atoms with van der Waals surface area (Å²) in [6.07, 6.45) is -7.15. The summed E-state index contributed by atoms with van der Waals surface area (Å²) >= 11 is 0. The van der Waals surface area contributed by atoms with Gasteiger partial charge in [-0.1, -0.05) is 44.5 Å². The number of halogens is 5. The second-order valence-corrected chi connectivity index (χ2v) is 12.7. The van der Waals surface area contributed by atoms with Crippen LogP contribution in [0.15, 0.2) is 42.5 Å². The van der Waals surface area contributed by atoms with Crippen LogP contribution in [0.2, 0.25) is 0 Å². The summed E-state index contributed by atoms with van der Waals surface area (Å²) in [5.41, 5.74) is 7.69. The first-order chi connectivity index (χ1) is 20.0. The number of nitrogens with two attached hydrogens (primary N) is 1. The minimum absolute atomic E-state index is 0.136. The van der Waals surface area contributed by atoms with Gasteiger partial charge >= 0.3 is 6.18 Å². The molecule has 0 aliphatic heterocycles. The van der Waals surface area contributed by atoms with Crippen LogP contribution in [0.3, 0.4) is 0 Å². The van der Waals surface area contributed by atoms with Gasteiger partial charge in [-0.3, -0.25) is 9.59 Å². The number of sulfone groups is 1. The van der Waals surface area contributed by atoms with Crippen molar-refractivity contribution in [3.05, 3.63) is 70.8 Å². The predicted molar refractivity (Wildman–Crippen MR) is 151 cm³/mol. The highest BCUT2D eigenvalue weighted by atomic mass is 32.2. The van der Waals surface area contributed by atoms with Crippen molar-refractivity contribution >= 4 is 21.7 Å². The second-order valence-electron chi connectivity index (χ2n) is 10.5. The molecule has 4 N–H and O–H groups in total. The zero-order valence-corrected chi connectivity index (χ0v) is 24.9. The van der Waals surface area contributed by atoms with E-state index in [4.69, 9.17) is 5.73 Å². The van der Waals surface area contributed by atoms with Gasteiger partial charge in [0.15, 0.2) is 9.84 Å². The van der Waals surface area contributed by atoms with E-state index in [1.807, 2.05) is 18.3 Å². The highest BCUT2D eigenvalue weighted by Crippen LogP contribution is 2.20. The van der Waals surface area contributed by atoms with Gasteiger partial charge in [0.2, 0.25) is 11.8 Å². The molecule has 2 aromatic rings. The summed E-state index contributed by atoms with van der Waals surface area (Å²) in [5, 5.41) is 12.8. The molecule has 43 heavy (non-hydrogen) atoms. The summed E-state index contributed by atoms with van der Waals surface area (Å²) in [4.78, 5) is 27.0. The highest BCUT2D eigenvalue weighted by Gasteiger charge is 2.36. The quantitative estimate of drug-likeness (QED) is 0.243. The SMILES string of the molecule is CCCCS(=O)(=O)C[C@@H](NC(=O)CC(F)(F)F)C(=O)N(Cc1cccc(CC)c1)C[C@@H](O)[C@@H](N)Cc1cc(F)cc(F)c1. The Kier molecular flexibility index (Phi) is 13.5. The largest absolute Gasteiger partial charge is 0.397 e. The van der Waals surface area contributed by atoms with Crippen LogP contribution in [-0.4, -0.2) is 72.7 Å². The Morgan fingerprint density at radius 2 is 1.65 bits per heavy atom. The lowest BCUT2D eigenvalue weighted by Crippen LogP contribution is -2.55. The Morgan fingerprint density at radius 3 is 2.23 bits per heavy atom. The zero-order valence-electron chi connectivity index (χ0n) is 24.0. The normalized spacial score (nSPS) is 14.2. The smallest absolute Gasteiger partial charge is 0.390 e. The van der Waals surface area contributed by atoms with Gasteiger partial charge in [-0.25, -0.2) is 17.2 Å². The fourth-order valence-electron chi connectivity index (χ4n) is 4.42. The number of hydrogen-bond donors (Lipinski definition) is 3. The molecule has 14 heteroatoms. The second kappa shape index (κ2) is 16.1. The number of aliphatic hydroxyl groups excluding tert-OH is 1. The summed E-state index contributed by atoms with van der Waals surface area (Å²) < 4.78 is 91.5. The number of benzene rings is 2. The van der Waals surface area contributed by atoms with Gasteiger partial charge in [-0.15, -0.1) is 0 Å². The predicted octanol–water partition coefficient (Wildman–Crippen LogP) is 3.44. The molecule has 0 saturated heterocycles. The fraction of sp³-hybridized carbons (Fsp3) is 0.517. The van der Waals surface area contributed by atoms with E-state index >= 15 is 0 Å². The molecule has 2 amide bonds. The highest BCUT2D eigenvalue weighted by molar-refractivity contribution is 7.91. The number of hydrogen-bond acceptors (Lipinski definition) is 6. The molecule has 0 radical (unpaired) electrons. The van der Waals surface area contributed by atoms with Gasteiger partial charge in [0.1, 0.15) is 24.1 Å². The van der Waals surface area contributed by atoms with Crippen molar-refractivity contribution in [3.63, 3.8) is 0 Å². The molecule has 0 heterocycles. The van der Waals surface area contributed by atoms with E-state index in [1.54, 1.807) is 25.1 Å². The van der Waals surface area contributed by atoms with Crippen molar-refractivity contribution < 1.29 is 45.1 Å². The number of unbranched alkanes of at least 4 members (excludes halogenated alkanes) is 1. The number of carbonyl (C=O) groups is 2. The van der Waals surface area contributed by atoms with Crippen molar-refractivity contribution in [2.75, 3.05) is 18.1 Å². The minimum atomic E-state index is -4.90. The lowest BCUT2D eigenvalue weighted by molar-refractivity contribution is -0.155. The molecule has 8 nitrogen and oxygen atoms in total. The number of aliphatic hydroxyl groups is 1. The lowest BCUT2D eigenvalue weighted by atomic mass is 10.0. The van der Waals surface area contributed by atoms with Crippen LogP contribution in [-0.2, 0) is 38.8 Å². The molecule has 240 valence electrons. The Hall–Kier alpha value is -3.10. The third kappa shape index (κ3) is 13.0. The molecular formula is C29H38F5N3O5S. The Balaban J connectivity index is 2.41. The molecule has 0 aliphatic rings. The standard InChI is InChI=1S/C29H38F5N3O5S/c1-3-5-9-43(41,42)18-25(36-27(39)15-29(32,33)34)28(40)37(16-20-8-6-7-19(4-2)10-20)17-26(38)24(35)13-21-11-22(30)14-23(31)12-21/h6-8,10-12,14,24-26,38H,3-5,9,13,15-18,35H2,1-2H3,(H,36,39)/t24-,25+,26+/m0/s1. The monoisotopic (exact) mass is 635 g/mol. The molecule has 0 spiro atoms. The lowest BCUT2D eigenvalue weighted by Gasteiger charge is -2.31. The van der Waals surface area contributed by atoms with E-state index in [9.17, 15) is 45.1 Å². The fourth-order valence-corrected chi connectivity index (χ4v) is 6.05. The summed E-state index contributed by atoms with van der Waals surface area (Å²) in [7, 11) is -3.99. The van der Waals surface area contributed by atoms with E-state index in [2.05, 4.69) is 0 Å². The Labute approximate surface area is 248 Å². The van der Waals surface area contributed by atoms with E-state index in [1.165, 1.54) is 0 Å². The van der Waals surface area contributed by atoms with Crippen LogP contribution in [0, 0.1) is 11.6 Å². The van der Waals surface area contributed by atoms with Crippen LogP contribution in [0.1, 0.15) is 49.8 Å². The molecule has 0 bridgehead atoms. The molecule has 0 aliphatic carbocycles. The first-order valence-corrected chi connectivity index (χ1v) is 15.7. The van der Waals surface area contributed by atoms with E-state index in [-0.39, 0.29) is 30.7 Å². The maximum absolute atomic E-state index is 13.8. The van der Waals surface area contributed by atoms with E-state index < -0.39 is 76.4 Å². The van der Waals surface area contributed by atoms with Gasteiger partial charge in [0, 0.05) is 25.2 Å². The Bertz CT molecular complexity index is 1320. The topological polar surface area (TPSA) is 130 Å². The van der Waals surface area contributed by atoms with Crippen LogP contribution in [0.4, 0.5) is 22.0 Å².